The SMILES string of the molecule is Cc1cccc(CNC(=O)[C@@H]2CCC(=O)N2Cc2ccco2)c1. The van der Waals surface area contributed by atoms with E-state index in [2.05, 4.69) is 5.32 Å². The Labute approximate surface area is 135 Å². The molecule has 0 bridgehead atoms. The van der Waals surface area contributed by atoms with Crippen molar-refractivity contribution >= 4 is 11.8 Å². The van der Waals surface area contributed by atoms with E-state index >= 15 is 0 Å². The second-order valence-electron chi connectivity index (χ2n) is 5.86. The van der Waals surface area contributed by atoms with Crippen LogP contribution >= 0.6 is 0 Å². The highest BCUT2D eigenvalue weighted by atomic mass is 16.3. The number of aryl methyl sites for hydroxylation is 1. The molecule has 3 rings (SSSR count). The van der Waals surface area contributed by atoms with Crippen LogP contribution in [-0.4, -0.2) is 22.8 Å². The second kappa shape index (κ2) is 6.69. The maximum Gasteiger partial charge on any atom is 0.243 e. The molecule has 1 N–H and O–H groups in total. The van der Waals surface area contributed by atoms with Crippen molar-refractivity contribution in [1.82, 2.24) is 10.2 Å². The summed E-state index contributed by atoms with van der Waals surface area (Å²) in [6.45, 7) is 2.83. The van der Waals surface area contributed by atoms with Crippen molar-refractivity contribution in [3.8, 4) is 0 Å². The molecule has 0 aliphatic carbocycles. The minimum atomic E-state index is -0.419. The number of amides is 2. The van der Waals surface area contributed by atoms with Gasteiger partial charge < -0.3 is 14.6 Å². The van der Waals surface area contributed by atoms with Gasteiger partial charge in [-0.15, -0.1) is 0 Å². The molecule has 1 fully saturated rings. The summed E-state index contributed by atoms with van der Waals surface area (Å²) in [6.07, 6.45) is 2.53. The molecule has 1 aromatic heterocycles. The third-order valence-electron chi connectivity index (χ3n) is 4.09. The Morgan fingerprint density at radius 2 is 2.22 bits per heavy atom. The topological polar surface area (TPSA) is 62.6 Å². The van der Waals surface area contributed by atoms with E-state index in [0.29, 0.717) is 31.7 Å². The fourth-order valence-corrected chi connectivity index (χ4v) is 2.90. The summed E-state index contributed by atoms with van der Waals surface area (Å²) in [5.74, 6) is 0.581. The summed E-state index contributed by atoms with van der Waals surface area (Å²) in [6, 6.07) is 11.2. The van der Waals surface area contributed by atoms with Crippen LogP contribution in [0.15, 0.2) is 47.1 Å². The summed E-state index contributed by atoms with van der Waals surface area (Å²) in [4.78, 5) is 26.1. The molecule has 0 unspecified atom stereocenters. The number of likely N-dealkylation sites (tertiary alicyclic amines) is 1. The summed E-state index contributed by atoms with van der Waals surface area (Å²) in [5.41, 5.74) is 2.22. The van der Waals surface area contributed by atoms with Gasteiger partial charge in [0.25, 0.3) is 0 Å². The molecule has 1 saturated heterocycles. The Hall–Kier alpha value is -2.56. The van der Waals surface area contributed by atoms with Gasteiger partial charge in [-0.05, 0) is 31.0 Å². The number of nitrogens with zero attached hydrogens (tertiary/aromatic N) is 1. The Morgan fingerprint density at radius 1 is 1.35 bits per heavy atom. The predicted octanol–water partition coefficient (Wildman–Crippen LogP) is 2.40. The monoisotopic (exact) mass is 312 g/mol. The number of hydrogen-bond acceptors (Lipinski definition) is 3. The molecule has 1 aromatic carbocycles. The third-order valence-corrected chi connectivity index (χ3v) is 4.09. The number of nitrogens with one attached hydrogen (secondary N) is 1. The lowest BCUT2D eigenvalue weighted by atomic mass is 10.1. The molecule has 1 aliphatic rings. The molecule has 0 saturated carbocycles. The van der Waals surface area contributed by atoms with Crippen molar-refractivity contribution < 1.29 is 14.0 Å². The average Bonchev–Trinajstić information content (AvgIpc) is 3.16. The summed E-state index contributed by atoms with van der Waals surface area (Å²) >= 11 is 0. The molecule has 23 heavy (non-hydrogen) atoms. The van der Waals surface area contributed by atoms with E-state index in [4.69, 9.17) is 4.42 Å². The first-order valence-corrected chi connectivity index (χ1v) is 7.78. The Kier molecular flexibility index (Phi) is 4.46. The van der Waals surface area contributed by atoms with E-state index in [0.717, 1.165) is 11.1 Å². The molecule has 120 valence electrons. The van der Waals surface area contributed by atoms with Crippen LogP contribution in [0.4, 0.5) is 0 Å². The van der Waals surface area contributed by atoms with Crippen LogP contribution in [-0.2, 0) is 22.7 Å². The zero-order chi connectivity index (χ0) is 16.2. The molecule has 2 heterocycles. The van der Waals surface area contributed by atoms with Gasteiger partial charge in [0.2, 0.25) is 11.8 Å². The Balaban J connectivity index is 1.62. The number of rotatable bonds is 5. The van der Waals surface area contributed by atoms with E-state index in [9.17, 15) is 9.59 Å². The smallest absolute Gasteiger partial charge is 0.243 e. The van der Waals surface area contributed by atoms with Gasteiger partial charge in [-0.1, -0.05) is 29.8 Å². The van der Waals surface area contributed by atoms with Crippen LogP contribution in [0.1, 0.15) is 29.7 Å². The molecule has 0 spiro atoms. The predicted molar refractivity (Wildman–Crippen MR) is 85.3 cm³/mol. The quantitative estimate of drug-likeness (QED) is 0.922. The first-order chi connectivity index (χ1) is 11.1. The van der Waals surface area contributed by atoms with Gasteiger partial charge in [-0.3, -0.25) is 9.59 Å². The van der Waals surface area contributed by atoms with E-state index in [1.807, 2.05) is 37.3 Å². The van der Waals surface area contributed by atoms with Crippen LogP contribution < -0.4 is 5.32 Å². The maximum absolute atomic E-state index is 12.5. The minimum absolute atomic E-state index is 0.00268. The highest BCUT2D eigenvalue weighted by Gasteiger charge is 2.36. The molecule has 1 aliphatic heterocycles. The zero-order valence-electron chi connectivity index (χ0n) is 13.1. The largest absolute Gasteiger partial charge is 0.467 e. The van der Waals surface area contributed by atoms with Crippen LogP contribution in [0.25, 0.3) is 0 Å². The highest BCUT2D eigenvalue weighted by molar-refractivity contribution is 5.90. The van der Waals surface area contributed by atoms with Gasteiger partial charge in [0.15, 0.2) is 0 Å². The van der Waals surface area contributed by atoms with Crippen molar-refractivity contribution in [3.05, 3.63) is 59.5 Å². The molecule has 2 amide bonds. The van der Waals surface area contributed by atoms with Gasteiger partial charge in [0.1, 0.15) is 11.8 Å². The zero-order valence-corrected chi connectivity index (χ0v) is 13.1. The standard InChI is InChI=1S/C18H20N2O3/c1-13-4-2-5-14(10-13)11-19-18(22)16-7-8-17(21)20(16)12-15-6-3-9-23-15/h2-6,9-10,16H,7-8,11-12H2,1H3,(H,19,22)/t16-/m0/s1. The lowest BCUT2D eigenvalue weighted by molar-refractivity contribution is -0.136. The normalized spacial score (nSPS) is 17.5. The van der Waals surface area contributed by atoms with Gasteiger partial charge >= 0.3 is 0 Å². The number of carbonyl (C=O) groups is 2. The van der Waals surface area contributed by atoms with Crippen LogP contribution in [0.2, 0.25) is 0 Å². The second-order valence-corrected chi connectivity index (χ2v) is 5.86. The number of carbonyl (C=O) groups excluding carboxylic acids is 2. The van der Waals surface area contributed by atoms with Gasteiger partial charge in [-0.2, -0.15) is 0 Å². The molecular weight excluding hydrogens is 292 g/mol. The Bertz CT molecular complexity index is 694. The third kappa shape index (κ3) is 3.62. The van der Waals surface area contributed by atoms with Crippen molar-refractivity contribution in [2.75, 3.05) is 0 Å². The maximum atomic E-state index is 12.5. The molecule has 5 heteroatoms. The first-order valence-electron chi connectivity index (χ1n) is 7.78. The summed E-state index contributed by atoms with van der Waals surface area (Å²) in [5, 5.41) is 2.93. The van der Waals surface area contributed by atoms with Gasteiger partial charge in [-0.25, -0.2) is 0 Å². The summed E-state index contributed by atoms with van der Waals surface area (Å²) in [7, 11) is 0. The molecule has 2 aromatic rings. The number of furan rings is 1. The summed E-state index contributed by atoms with van der Waals surface area (Å²) < 4.78 is 5.29. The van der Waals surface area contributed by atoms with Crippen LogP contribution in [0.5, 0.6) is 0 Å². The number of benzene rings is 1. The van der Waals surface area contributed by atoms with Crippen LogP contribution in [0.3, 0.4) is 0 Å². The highest BCUT2D eigenvalue weighted by Crippen LogP contribution is 2.22. The van der Waals surface area contributed by atoms with Crippen molar-refractivity contribution in [1.29, 1.82) is 0 Å². The van der Waals surface area contributed by atoms with Crippen LogP contribution in [0, 0.1) is 6.92 Å². The minimum Gasteiger partial charge on any atom is -0.467 e. The first kappa shape index (κ1) is 15.3. The van der Waals surface area contributed by atoms with E-state index in [-0.39, 0.29) is 11.8 Å². The lowest BCUT2D eigenvalue weighted by Crippen LogP contribution is -2.44. The van der Waals surface area contributed by atoms with E-state index in [1.54, 1.807) is 17.2 Å². The fourth-order valence-electron chi connectivity index (χ4n) is 2.90. The molecule has 0 radical (unpaired) electrons. The van der Waals surface area contributed by atoms with Crippen molar-refractivity contribution in [2.24, 2.45) is 0 Å². The molecule has 5 nitrogen and oxygen atoms in total. The van der Waals surface area contributed by atoms with Crippen molar-refractivity contribution in [2.45, 2.75) is 38.9 Å². The van der Waals surface area contributed by atoms with E-state index in [1.165, 1.54) is 0 Å². The molecular formula is C18H20N2O3. The van der Waals surface area contributed by atoms with Gasteiger partial charge in [0.05, 0.1) is 12.8 Å². The Morgan fingerprint density at radius 3 is 2.96 bits per heavy atom. The van der Waals surface area contributed by atoms with Gasteiger partial charge in [0, 0.05) is 13.0 Å². The van der Waals surface area contributed by atoms with E-state index < -0.39 is 6.04 Å². The lowest BCUT2D eigenvalue weighted by Gasteiger charge is -2.23. The average molecular weight is 312 g/mol. The molecule has 1 atom stereocenters. The number of hydrogen-bond donors (Lipinski definition) is 1. The van der Waals surface area contributed by atoms with Crippen molar-refractivity contribution in [3.63, 3.8) is 0 Å². The fraction of sp³-hybridized carbons (Fsp3) is 0.333.